The number of para-hydroxylation sites is 2. The Kier molecular flexibility index (Phi) is 7.12. The number of ether oxygens (including phenoxy) is 2. The predicted octanol–water partition coefficient (Wildman–Crippen LogP) is 3.16. The molecule has 6 heteroatoms. The van der Waals surface area contributed by atoms with Gasteiger partial charge in [0, 0.05) is 38.3 Å². The molecule has 6 nitrogen and oxygen atoms in total. The molecule has 0 aliphatic carbocycles. The lowest BCUT2D eigenvalue weighted by atomic mass is 10.1. The molecule has 0 unspecified atom stereocenters. The molecule has 156 valence electrons. The minimum Gasteiger partial charge on any atom is -0.496 e. The number of nitrogens with one attached hydrogen (secondary N) is 1. The number of hydrogen-bond acceptors (Lipinski definition) is 5. The molecule has 1 saturated heterocycles. The number of rotatable bonds is 7. The SMILES string of the molecule is COc1ccc(C)cc1CN1CCN([C@H](C)C(=O)Nc2ccccc2OC)CC1. The lowest BCUT2D eigenvalue weighted by Crippen LogP contribution is -2.52. The lowest BCUT2D eigenvalue weighted by molar-refractivity contribution is -0.121. The van der Waals surface area contributed by atoms with Crippen LogP contribution in [0.3, 0.4) is 0 Å². The highest BCUT2D eigenvalue weighted by molar-refractivity contribution is 5.95. The molecule has 29 heavy (non-hydrogen) atoms. The molecule has 1 amide bonds. The van der Waals surface area contributed by atoms with Gasteiger partial charge in [0.25, 0.3) is 0 Å². The van der Waals surface area contributed by atoms with Gasteiger partial charge in [0.05, 0.1) is 25.9 Å². The van der Waals surface area contributed by atoms with Crippen LogP contribution in [0, 0.1) is 6.92 Å². The van der Waals surface area contributed by atoms with E-state index in [1.165, 1.54) is 11.1 Å². The van der Waals surface area contributed by atoms with E-state index in [2.05, 4.69) is 34.2 Å². The third kappa shape index (κ3) is 5.28. The van der Waals surface area contributed by atoms with Crippen molar-refractivity contribution in [2.75, 3.05) is 45.7 Å². The highest BCUT2D eigenvalue weighted by Crippen LogP contribution is 2.24. The Labute approximate surface area is 173 Å². The van der Waals surface area contributed by atoms with Gasteiger partial charge in [-0.25, -0.2) is 0 Å². The summed E-state index contributed by atoms with van der Waals surface area (Å²) in [7, 11) is 3.32. The summed E-state index contributed by atoms with van der Waals surface area (Å²) in [6.07, 6.45) is 0. The summed E-state index contributed by atoms with van der Waals surface area (Å²) in [6.45, 7) is 8.48. The standard InChI is InChI=1S/C23H31N3O3/c1-17-9-10-21(28-3)19(15-17)16-25-11-13-26(14-12-25)18(2)23(27)24-20-7-5-6-8-22(20)29-4/h5-10,15,18H,11-14,16H2,1-4H3,(H,24,27)/t18-/m1/s1. The number of carbonyl (C=O) groups excluding carboxylic acids is 1. The van der Waals surface area contributed by atoms with E-state index >= 15 is 0 Å². The van der Waals surface area contributed by atoms with Gasteiger partial charge in [-0.15, -0.1) is 0 Å². The van der Waals surface area contributed by atoms with Crippen molar-refractivity contribution < 1.29 is 14.3 Å². The molecule has 2 aromatic rings. The fourth-order valence-electron chi connectivity index (χ4n) is 3.73. The normalized spacial score (nSPS) is 16.3. The Bertz CT molecular complexity index is 832. The Hall–Kier alpha value is -2.57. The van der Waals surface area contributed by atoms with Crippen LogP contribution in [0.5, 0.6) is 11.5 Å². The van der Waals surface area contributed by atoms with Crippen LogP contribution in [0.15, 0.2) is 42.5 Å². The van der Waals surface area contributed by atoms with Gasteiger partial charge in [0.2, 0.25) is 5.91 Å². The quantitative estimate of drug-likeness (QED) is 0.778. The maximum Gasteiger partial charge on any atom is 0.241 e. The molecule has 0 aromatic heterocycles. The lowest BCUT2D eigenvalue weighted by Gasteiger charge is -2.37. The number of benzene rings is 2. The second kappa shape index (κ2) is 9.76. The Balaban J connectivity index is 1.55. The first-order valence-corrected chi connectivity index (χ1v) is 10.1. The molecule has 1 fully saturated rings. The van der Waals surface area contributed by atoms with Gasteiger partial charge in [-0.2, -0.15) is 0 Å². The van der Waals surface area contributed by atoms with Crippen molar-refractivity contribution in [1.29, 1.82) is 0 Å². The van der Waals surface area contributed by atoms with E-state index in [9.17, 15) is 4.79 Å². The van der Waals surface area contributed by atoms with Gasteiger partial charge >= 0.3 is 0 Å². The third-order valence-electron chi connectivity index (χ3n) is 5.53. The Morgan fingerprint density at radius 2 is 1.72 bits per heavy atom. The maximum absolute atomic E-state index is 12.7. The van der Waals surface area contributed by atoms with E-state index in [4.69, 9.17) is 9.47 Å². The van der Waals surface area contributed by atoms with Crippen LogP contribution in [0.25, 0.3) is 0 Å². The molecule has 1 aliphatic heterocycles. The Morgan fingerprint density at radius 1 is 1.03 bits per heavy atom. The largest absolute Gasteiger partial charge is 0.496 e. The summed E-state index contributed by atoms with van der Waals surface area (Å²) in [5, 5.41) is 3.00. The summed E-state index contributed by atoms with van der Waals surface area (Å²) in [5.74, 6) is 1.59. The summed E-state index contributed by atoms with van der Waals surface area (Å²) in [6, 6.07) is 13.6. The van der Waals surface area contributed by atoms with Crippen molar-refractivity contribution in [2.45, 2.75) is 26.4 Å². The molecule has 1 heterocycles. The zero-order chi connectivity index (χ0) is 20.8. The average Bonchev–Trinajstić information content (AvgIpc) is 2.74. The number of amides is 1. The molecular weight excluding hydrogens is 366 g/mol. The number of methoxy groups -OCH3 is 2. The van der Waals surface area contributed by atoms with Crippen molar-refractivity contribution in [1.82, 2.24) is 9.80 Å². The van der Waals surface area contributed by atoms with E-state index in [0.29, 0.717) is 11.4 Å². The van der Waals surface area contributed by atoms with Gasteiger partial charge in [0.15, 0.2) is 0 Å². The van der Waals surface area contributed by atoms with E-state index < -0.39 is 0 Å². The fourth-order valence-corrected chi connectivity index (χ4v) is 3.73. The molecule has 0 saturated carbocycles. The van der Waals surface area contributed by atoms with Crippen LogP contribution in [-0.2, 0) is 11.3 Å². The fraction of sp³-hybridized carbons (Fsp3) is 0.435. The molecule has 3 rings (SSSR count). The number of anilines is 1. The zero-order valence-electron chi connectivity index (χ0n) is 17.8. The minimum atomic E-state index is -0.199. The van der Waals surface area contributed by atoms with Crippen LogP contribution in [0.4, 0.5) is 5.69 Å². The second-order valence-corrected chi connectivity index (χ2v) is 7.49. The smallest absolute Gasteiger partial charge is 0.241 e. The topological polar surface area (TPSA) is 54.0 Å². The number of aryl methyl sites for hydroxylation is 1. The van der Waals surface area contributed by atoms with Crippen LogP contribution >= 0.6 is 0 Å². The summed E-state index contributed by atoms with van der Waals surface area (Å²) in [5.41, 5.74) is 3.15. The van der Waals surface area contributed by atoms with Gasteiger partial charge in [-0.3, -0.25) is 14.6 Å². The number of carbonyl (C=O) groups is 1. The van der Waals surface area contributed by atoms with Crippen LogP contribution in [-0.4, -0.2) is 62.1 Å². The maximum atomic E-state index is 12.7. The predicted molar refractivity (Wildman–Crippen MR) is 116 cm³/mol. The Morgan fingerprint density at radius 3 is 2.41 bits per heavy atom. The third-order valence-corrected chi connectivity index (χ3v) is 5.53. The molecule has 0 radical (unpaired) electrons. The number of piperazine rings is 1. The molecule has 2 aromatic carbocycles. The minimum absolute atomic E-state index is 0.0108. The van der Waals surface area contributed by atoms with Gasteiger partial charge in [0.1, 0.15) is 11.5 Å². The van der Waals surface area contributed by atoms with E-state index in [-0.39, 0.29) is 11.9 Å². The van der Waals surface area contributed by atoms with Crippen LogP contribution < -0.4 is 14.8 Å². The van der Waals surface area contributed by atoms with Gasteiger partial charge < -0.3 is 14.8 Å². The number of hydrogen-bond donors (Lipinski definition) is 1. The van der Waals surface area contributed by atoms with E-state index in [1.54, 1.807) is 14.2 Å². The van der Waals surface area contributed by atoms with Crippen molar-refractivity contribution in [3.63, 3.8) is 0 Å². The molecule has 1 aliphatic rings. The average molecular weight is 398 g/mol. The van der Waals surface area contributed by atoms with Crippen molar-refractivity contribution in [3.8, 4) is 11.5 Å². The zero-order valence-corrected chi connectivity index (χ0v) is 17.8. The van der Waals surface area contributed by atoms with Crippen molar-refractivity contribution in [2.24, 2.45) is 0 Å². The summed E-state index contributed by atoms with van der Waals surface area (Å²) in [4.78, 5) is 17.4. The monoisotopic (exact) mass is 397 g/mol. The van der Waals surface area contributed by atoms with Gasteiger partial charge in [-0.1, -0.05) is 29.8 Å². The summed E-state index contributed by atoms with van der Waals surface area (Å²) < 4.78 is 10.8. The first-order chi connectivity index (χ1) is 14.0. The van der Waals surface area contributed by atoms with E-state index in [1.807, 2.05) is 37.3 Å². The molecule has 0 spiro atoms. The first kappa shape index (κ1) is 21.1. The highest BCUT2D eigenvalue weighted by Gasteiger charge is 2.26. The van der Waals surface area contributed by atoms with Crippen LogP contribution in [0.1, 0.15) is 18.1 Å². The van der Waals surface area contributed by atoms with Crippen molar-refractivity contribution >= 4 is 11.6 Å². The summed E-state index contributed by atoms with van der Waals surface area (Å²) >= 11 is 0. The molecule has 1 atom stereocenters. The molecular formula is C23H31N3O3. The van der Waals surface area contributed by atoms with Gasteiger partial charge in [-0.05, 0) is 32.0 Å². The molecule has 1 N–H and O–H groups in total. The van der Waals surface area contributed by atoms with E-state index in [0.717, 1.165) is 38.5 Å². The van der Waals surface area contributed by atoms with Crippen molar-refractivity contribution in [3.05, 3.63) is 53.6 Å². The highest BCUT2D eigenvalue weighted by atomic mass is 16.5. The van der Waals surface area contributed by atoms with Crippen LogP contribution in [0.2, 0.25) is 0 Å². The molecule has 0 bridgehead atoms. The first-order valence-electron chi connectivity index (χ1n) is 10.1. The number of nitrogens with zero attached hydrogens (tertiary/aromatic N) is 2. The second-order valence-electron chi connectivity index (χ2n) is 7.49.